The second-order valence-electron chi connectivity index (χ2n) is 6.00. The summed E-state index contributed by atoms with van der Waals surface area (Å²) < 4.78 is 10.8. The molecule has 0 fully saturated rings. The van der Waals surface area contributed by atoms with E-state index < -0.39 is 5.97 Å². The molecule has 0 radical (unpaired) electrons. The highest BCUT2D eigenvalue weighted by Gasteiger charge is 2.19. The molecule has 24 heavy (non-hydrogen) atoms. The first-order chi connectivity index (χ1) is 11.6. The van der Waals surface area contributed by atoms with Crippen LogP contribution >= 0.6 is 0 Å². The van der Waals surface area contributed by atoms with Crippen molar-refractivity contribution in [2.45, 2.75) is 26.4 Å². The Morgan fingerprint density at radius 3 is 2.58 bits per heavy atom. The number of benzene rings is 2. The van der Waals surface area contributed by atoms with Crippen LogP contribution < -0.4 is 0 Å². The molecule has 0 saturated carbocycles. The van der Waals surface area contributed by atoms with Crippen LogP contribution in [0.4, 0.5) is 0 Å². The van der Waals surface area contributed by atoms with Crippen molar-refractivity contribution in [2.75, 3.05) is 0 Å². The number of hydrogen-bond acceptors (Lipinski definition) is 3. The molecule has 0 aliphatic rings. The van der Waals surface area contributed by atoms with Crippen LogP contribution in [0.25, 0.3) is 10.8 Å². The van der Waals surface area contributed by atoms with E-state index in [9.17, 15) is 4.79 Å². The van der Waals surface area contributed by atoms with Gasteiger partial charge in [-0.3, -0.25) is 0 Å². The summed E-state index contributed by atoms with van der Waals surface area (Å²) in [6.45, 7) is 4.07. The lowest BCUT2D eigenvalue weighted by molar-refractivity contribution is 0.0267. The standard InChI is InChI=1S/C21H20O3/c1-15(2)9-12-19(24-21(22)20-8-5-13-23-20)18-11-10-16-6-3-4-7-17(16)14-18/h3-11,13-14,19H,12H2,1-2H3. The Labute approximate surface area is 141 Å². The van der Waals surface area contributed by atoms with Crippen LogP contribution in [0.2, 0.25) is 0 Å². The van der Waals surface area contributed by atoms with Crippen molar-refractivity contribution in [1.29, 1.82) is 0 Å². The molecular weight excluding hydrogens is 300 g/mol. The molecule has 3 nitrogen and oxygen atoms in total. The predicted molar refractivity (Wildman–Crippen MR) is 94.9 cm³/mol. The summed E-state index contributed by atoms with van der Waals surface area (Å²) in [5.74, 6) is -0.224. The van der Waals surface area contributed by atoms with Crippen LogP contribution in [0, 0.1) is 0 Å². The number of allylic oxidation sites excluding steroid dienone is 1. The van der Waals surface area contributed by atoms with Crippen molar-refractivity contribution in [3.05, 3.63) is 83.8 Å². The molecule has 3 aromatic rings. The molecule has 3 heteroatoms. The molecule has 0 spiro atoms. The molecule has 0 amide bonds. The summed E-state index contributed by atoms with van der Waals surface area (Å²) in [7, 11) is 0. The molecule has 0 aliphatic heterocycles. The van der Waals surface area contributed by atoms with Crippen molar-refractivity contribution >= 4 is 16.7 Å². The van der Waals surface area contributed by atoms with Gasteiger partial charge < -0.3 is 9.15 Å². The molecule has 0 bridgehead atoms. The van der Waals surface area contributed by atoms with Crippen LogP contribution in [0.15, 0.2) is 76.9 Å². The van der Waals surface area contributed by atoms with E-state index in [1.165, 1.54) is 17.2 Å². The van der Waals surface area contributed by atoms with E-state index in [4.69, 9.17) is 9.15 Å². The van der Waals surface area contributed by atoms with Gasteiger partial charge in [-0.2, -0.15) is 0 Å². The third kappa shape index (κ3) is 3.74. The maximum atomic E-state index is 12.3. The Morgan fingerprint density at radius 1 is 1.08 bits per heavy atom. The zero-order chi connectivity index (χ0) is 16.9. The van der Waals surface area contributed by atoms with Crippen molar-refractivity contribution in [3.8, 4) is 0 Å². The molecular formula is C21H20O3. The molecule has 0 N–H and O–H groups in total. The van der Waals surface area contributed by atoms with E-state index in [0.29, 0.717) is 6.42 Å². The molecule has 1 aromatic heterocycles. The highest BCUT2D eigenvalue weighted by atomic mass is 16.6. The number of furan rings is 1. The van der Waals surface area contributed by atoms with E-state index >= 15 is 0 Å². The highest BCUT2D eigenvalue weighted by molar-refractivity contribution is 5.86. The molecule has 0 aliphatic carbocycles. The Bertz CT molecular complexity index is 856. The minimum atomic E-state index is -0.444. The summed E-state index contributed by atoms with van der Waals surface area (Å²) in [6.07, 6.45) is 3.84. The summed E-state index contributed by atoms with van der Waals surface area (Å²) in [5, 5.41) is 2.30. The Kier molecular flexibility index (Phi) is 4.80. The van der Waals surface area contributed by atoms with Crippen molar-refractivity contribution in [3.63, 3.8) is 0 Å². The summed E-state index contributed by atoms with van der Waals surface area (Å²) >= 11 is 0. The van der Waals surface area contributed by atoms with E-state index in [1.54, 1.807) is 12.1 Å². The maximum absolute atomic E-state index is 12.3. The molecule has 3 rings (SSSR count). The van der Waals surface area contributed by atoms with Crippen molar-refractivity contribution < 1.29 is 13.9 Å². The van der Waals surface area contributed by atoms with Crippen LogP contribution in [0.5, 0.6) is 0 Å². The number of ether oxygens (including phenoxy) is 1. The summed E-state index contributed by atoms with van der Waals surface area (Å²) in [6, 6.07) is 17.6. The minimum absolute atomic E-state index is 0.220. The van der Waals surface area contributed by atoms with Gasteiger partial charge in [-0.1, -0.05) is 48.0 Å². The molecule has 122 valence electrons. The van der Waals surface area contributed by atoms with Gasteiger partial charge >= 0.3 is 5.97 Å². The van der Waals surface area contributed by atoms with Gasteiger partial charge in [-0.25, -0.2) is 4.79 Å². The van der Waals surface area contributed by atoms with E-state index in [2.05, 4.69) is 30.3 Å². The Hall–Kier alpha value is -2.81. The van der Waals surface area contributed by atoms with Gasteiger partial charge in [-0.15, -0.1) is 0 Å². The average Bonchev–Trinajstić information content (AvgIpc) is 3.12. The number of rotatable bonds is 5. The lowest BCUT2D eigenvalue weighted by Gasteiger charge is -2.17. The van der Waals surface area contributed by atoms with Gasteiger partial charge in [0, 0.05) is 6.42 Å². The van der Waals surface area contributed by atoms with Crippen LogP contribution in [0.1, 0.15) is 42.5 Å². The second-order valence-corrected chi connectivity index (χ2v) is 6.00. The molecule has 1 atom stereocenters. The highest BCUT2D eigenvalue weighted by Crippen LogP contribution is 2.27. The van der Waals surface area contributed by atoms with Gasteiger partial charge in [-0.05, 0) is 48.4 Å². The maximum Gasteiger partial charge on any atom is 0.374 e. The van der Waals surface area contributed by atoms with E-state index in [1.807, 2.05) is 32.0 Å². The third-order valence-corrected chi connectivity index (χ3v) is 3.86. The quantitative estimate of drug-likeness (QED) is 0.448. The molecule has 1 heterocycles. The number of esters is 1. The minimum Gasteiger partial charge on any atom is -0.457 e. The first-order valence-electron chi connectivity index (χ1n) is 8.00. The summed E-state index contributed by atoms with van der Waals surface area (Å²) in [4.78, 5) is 12.3. The topological polar surface area (TPSA) is 39.4 Å². The normalized spacial score (nSPS) is 11.9. The zero-order valence-corrected chi connectivity index (χ0v) is 13.9. The molecule has 0 saturated heterocycles. The van der Waals surface area contributed by atoms with Crippen LogP contribution in [-0.2, 0) is 4.74 Å². The van der Waals surface area contributed by atoms with Gasteiger partial charge in [0.05, 0.1) is 6.26 Å². The fourth-order valence-electron chi connectivity index (χ4n) is 2.59. The fraction of sp³-hybridized carbons (Fsp3) is 0.190. The summed E-state index contributed by atoms with van der Waals surface area (Å²) in [5.41, 5.74) is 2.17. The zero-order valence-electron chi connectivity index (χ0n) is 13.9. The Morgan fingerprint density at radius 2 is 1.88 bits per heavy atom. The second kappa shape index (κ2) is 7.18. The van der Waals surface area contributed by atoms with Gasteiger partial charge in [0.2, 0.25) is 5.76 Å². The molecule has 2 aromatic carbocycles. The lowest BCUT2D eigenvalue weighted by atomic mass is 10.0. The van der Waals surface area contributed by atoms with Crippen molar-refractivity contribution in [1.82, 2.24) is 0 Å². The number of fused-ring (bicyclic) bond motifs is 1. The lowest BCUT2D eigenvalue weighted by Crippen LogP contribution is -2.11. The first-order valence-corrected chi connectivity index (χ1v) is 8.00. The monoisotopic (exact) mass is 320 g/mol. The number of hydrogen-bond donors (Lipinski definition) is 0. The SMILES string of the molecule is CC(C)=CCC(OC(=O)c1ccco1)c1ccc2ccccc2c1. The third-order valence-electron chi connectivity index (χ3n) is 3.86. The molecule has 1 unspecified atom stereocenters. The average molecular weight is 320 g/mol. The Balaban J connectivity index is 1.90. The predicted octanol–water partition coefficient (Wildman–Crippen LogP) is 5.69. The largest absolute Gasteiger partial charge is 0.457 e. The number of carbonyl (C=O) groups excluding carboxylic acids is 1. The smallest absolute Gasteiger partial charge is 0.374 e. The van der Waals surface area contributed by atoms with Gasteiger partial charge in [0.1, 0.15) is 6.10 Å². The fourth-order valence-corrected chi connectivity index (χ4v) is 2.59. The van der Waals surface area contributed by atoms with Gasteiger partial charge in [0.15, 0.2) is 0 Å². The van der Waals surface area contributed by atoms with Crippen molar-refractivity contribution in [2.24, 2.45) is 0 Å². The van der Waals surface area contributed by atoms with E-state index in [0.717, 1.165) is 10.9 Å². The van der Waals surface area contributed by atoms with E-state index in [-0.39, 0.29) is 11.9 Å². The first kappa shape index (κ1) is 16.1. The van der Waals surface area contributed by atoms with Crippen LogP contribution in [0.3, 0.4) is 0 Å². The van der Waals surface area contributed by atoms with Crippen LogP contribution in [-0.4, -0.2) is 5.97 Å². The number of carbonyl (C=O) groups is 1. The van der Waals surface area contributed by atoms with Gasteiger partial charge in [0.25, 0.3) is 0 Å².